The summed E-state index contributed by atoms with van der Waals surface area (Å²) in [6.07, 6.45) is 3.13. The summed E-state index contributed by atoms with van der Waals surface area (Å²) in [4.78, 5) is 38.2. The maximum atomic E-state index is 12.9. The van der Waals surface area contributed by atoms with E-state index < -0.39 is 17.5 Å². The minimum Gasteiger partial charge on any atom is -0.506 e. The van der Waals surface area contributed by atoms with Gasteiger partial charge in [0.25, 0.3) is 0 Å². The first-order valence-electron chi connectivity index (χ1n) is 9.86. The van der Waals surface area contributed by atoms with E-state index in [0.29, 0.717) is 5.75 Å². The summed E-state index contributed by atoms with van der Waals surface area (Å²) in [5, 5.41) is 10.7. The number of esters is 1. The molecule has 0 saturated carbocycles. The molecular weight excluding hydrogens is 380 g/mol. The summed E-state index contributed by atoms with van der Waals surface area (Å²) < 4.78 is 5.37. The monoisotopic (exact) mass is 400 g/mol. The largest absolute Gasteiger partial charge is 0.506 e. The average Bonchev–Trinajstić information content (AvgIpc) is 2.76. The van der Waals surface area contributed by atoms with Crippen molar-refractivity contribution in [1.29, 1.82) is 0 Å². The first kappa shape index (κ1) is 19.6. The molecule has 4 rings (SSSR count). The van der Waals surface area contributed by atoms with Crippen LogP contribution in [0.1, 0.15) is 67.5 Å². The van der Waals surface area contributed by atoms with E-state index in [-0.39, 0.29) is 33.6 Å². The number of hydrogen-bond acceptors (Lipinski definition) is 5. The van der Waals surface area contributed by atoms with Crippen LogP contribution in [0.15, 0.2) is 60.7 Å². The van der Waals surface area contributed by atoms with Gasteiger partial charge in [-0.25, -0.2) is 4.79 Å². The van der Waals surface area contributed by atoms with Gasteiger partial charge in [-0.05, 0) is 42.7 Å². The second kappa shape index (κ2) is 7.95. The van der Waals surface area contributed by atoms with Gasteiger partial charge in [0, 0.05) is 16.7 Å². The average molecular weight is 400 g/mol. The summed E-state index contributed by atoms with van der Waals surface area (Å²) in [6, 6.07) is 16.3. The molecule has 1 N–H and O–H groups in total. The molecule has 5 heteroatoms. The molecule has 3 aromatic rings. The topological polar surface area (TPSA) is 80.7 Å². The maximum Gasteiger partial charge on any atom is 0.347 e. The molecule has 0 amide bonds. The lowest BCUT2D eigenvalue weighted by atomic mass is 9.82. The van der Waals surface area contributed by atoms with Crippen molar-refractivity contribution >= 4 is 17.5 Å². The molecule has 0 unspecified atom stereocenters. The summed E-state index contributed by atoms with van der Waals surface area (Å²) >= 11 is 0. The van der Waals surface area contributed by atoms with Crippen LogP contribution in [-0.4, -0.2) is 22.6 Å². The Bertz CT molecular complexity index is 1160. The van der Waals surface area contributed by atoms with Crippen molar-refractivity contribution in [1.82, 2.24) is 0 Å². The molecule has 0 spiro atoms. The van der Waals surface area contributed by atoms with Crippen LogP contribution in [-0.2, 0) is 6.42 Å². The van der Waals surface area contributed by atoms with E-state index in [4.69, 9.17) is 4.74 Å². The van der Waals surface area contributed by atoms with Crippen molar-refractivity contribution in [3.63, 3.8) is 0 Å². The van der Waals surface area contributed by atoms with E-state index >= 15 is 0 Å². The fraction of sp³-hybridized carbons (Fsp3) is 0.160. The normalized spacial score (nSPS) is 12.3. The highest BCUT2D eigenvalue weighted by atomic mass is 16.5. The van der Waals surface area contributed by atoms with Gasteiger partial charge < -0.3 is 9.84 Å². The first-order valence-corrected chi connectivity index (χ1v) is 9.86. The molecule has 30 heavy (non-hydrogen) atoms. The highest BCUT2D eigenvalue weighted by Gasteiger charge is 2.34. The zero-order chi connectivity index (χ0) is 21.3. The molecular formula is C25H20O5. The quantitative estimate of drug-likeness (QED) is 0.387. The number of aryl methyl sites for hydroxylation is 1. The van der Waals surface area contributed by atoms with Gasteiger partial charge in [-0.15, -0.1) is 0 Å². The number of aromatic hydroxyl groups is 1. The molecule has 0 bridgehead atoms. The molecule has 1 aliphatic rings. The Kier molecular flexibility index (Phi) is 5.19. The van der Waals surface area contributed by atoms with Crippen LogP contribution in [0.2, 0.25) is 0 Å². The number of carbonyl (C=O) groups is 3. The van der Waals surface area contributed by atoms with Gasteiger partial charge >= 0.3 is 5.97 Å². The van der Waals surface area contributed by atoms with Crippen LogP contribution in [0.5, 0.6) is 11.5 Å². The number of phenols is 1. The molecule has 0 aromatic heterocycles. The third-order valence-corrected chi connectivity index (χ3v) is 5.24. The second-order valence-corrected chi connectivity index (χ2v) is 7.23. The second-order valence-electron chi connectivity index (χ2n) is 7.23. The van der Waals surface area contributed by atoms with Crippen LogP contribution in [0.4, 0.5) is 0 Å². The third kappa shape index (κ3) is 3.39. The number of benzene rings is 3. The molecule has 0 fully saturated rings. The van der Waals surface area contributed by atoms with Crippen LogP contribution in [0, 0.1) is 0 Å². The van der Waals surface area contributed by atoms with Crippen molar-refractivity contribution in [3.8, 4) is 11.5 Å². The van der Waals surface area contributed by atoms with Crippen LogP contribution >= 0.6 is 0 Å². The van der Waals surface area contributed by atoms with Gasteiger partial charge in [0.15, 0.2) is 11.6 Å². The summed E-state index contributed by atoms with van der Waals surface area (Å²) in [5.41, 5.74) is 1.39. The number of fused-ring (bicyclic) bond motifs is 2. The molecule has 5 nitrogen and oxygen atoms in total. The number of ether oxygens (including phenoxy) is 1. The Balaban J connectivity index is 1.62. The van der Waals surface area contributed by atoms with Gasteiger partial charge in [0.2, 0.25) is 0 Å². The van der Waals surface area contributed by atoms with Gasteiger partial charge in [-0.2, -0.15) is 0 Å². The Morgan fingerprint density at radius 1 is 0.867 bits per heavy atom. The standard InChI is InChI=1S/C25H20O5/c1-2-3-6-15-9-11-16(12-10-15)30-25(29)20-14-13-19-21(24(20)28)23(27)18-8-5-4-7-17(18)22(19)26/h4-5,7-14,28H,2-3,6H2,1H3. The van der Waals surface area contributed by atoms with Crippen molar-refractivity contribution in [2.24, 2.45) is 0 Å². The van der Waals surface area contributed by atoms with Crippen molar-refractivity contribution in [2.75, 3.05) is 0 Å². The Morgan fingerprint density at radius 2 is 1.53 bits per heavy atom. The summed E-state index contributed by atoms with van der Waals surface area (Å²) in [5.74, 6) is -1.85. The zero-order valence-electron chi connectivity index (χ0n) is 16.5. The fourth-order valence-corrected chi connectivity index (χ4v) is 3.60. The molecule has 0 aliphatic heterocycles. The molecule has 0 saturated heterocycles. The number of ketones is 2. The molecule has 0 radical (unpaired) electrons. The number of carbonyl (C=O) groups excluding carboxylic acids is 3. The smallest absolute Gasteiger partial charge is 0.347 e. The van der Waals surface area contributed by atoms with Crippen molar-refractivity contribution in [3.05, 3.63) is 94.0 Å². The number of rotatable bonds is 5. The van der Waals surface area contributed by atoms with Gasteiger partial charge in [0.1, 0.15) is 17.1 Å². The number of phenolic OH excluding ortho intramolecular Hbond substituents is 1. The zero-order valence-corrected chi connectivity index (χ0v) is 16.5. The Labute approximate surface area is 173 Å². The lowest BCUT2D eigenvalue weighted by Crippen LogP contribution is -2.22. The van der Waals surface area contributed by atoms with E-state index in [2.05, 4.69) is 6.92 Å². The molecule has 0 atom stereocenters. The lowest BCUT2D eigenvalue weighted by Gasteiger charge is -2.19. The van der Waals surface area contributed by atoms with Gasteiger partial charge in [0.05, 0.1) is 5.56 Å². The number of unbranched alkanes of at least 4 members (excludes halogenated alkanes) is 1. The van der Waals surface area contributed by atoms with Crippen LogP contribution in [0.3, 0.4) is 0 Å². The minimum absolute atomic E-state index is 0.0769. The van der Waals surface area contributed by atoms with Crippen LogP contribution in [0.25, 0.3) is 0 Å². The van der Waals surface area contributed by atoms with E-state index in [1.54, 1.807) is 30.3 Å². The molecule has 1 aliphatic carbocycles. The van der Waals surface area contributed by atoms with Gasteiger partial charge in [-0.3, -0.25) is 9.59 Å². The Hall–Kier alpha value is -3.73. The van der Waals surface area contributed by atoms with Crippen molar-refractivity contribution < 1.29 is 24.2 Å². The SMILES string of the molecule is CCCCc1ccc(OC(=O)c2ccc3c(c2O)C(=O)c2ccccc2C3=O)cc1. The Morgan fingerprint density at radius 3 is 2.20 bits per heavy atom. The molecule has 150 valence electrons. The minimum atomic E-state index is -0.796. The van der Waals surface area contributed by atoms with E-state index in [1.165, 1.54) is 18.2 Å². The third-order valence-electron chi connectivity index (χ3n) is 5.24. The van der Waals surface area contributed by atoms with Crippen LogP contribution < -0.4 is 4.74 Å². The fourth-order valence-electron chi connectivity index (χ4n) is 3.60. The van der Waals surface area contributed by atoms with E-state index in [0.717, 1.165) is 24.8 Å². The predicted octanol–water partition coefficient (Wildman–Crippen LogP) is 4.73. The first-order chi connectivity index (χ1) is 14.5. The molecule has 3 aromatic carbocycles. The maximum absolute atomic E-state index is 12.9. The highest BCUT2D eigenvalue weighted by molar-refractivity contribution is 6.29. The predicted molar refractivity (Wildman–Crippen MR) is 111 cm³/mol. The van der Waals surface area contributed by atoms with Gasteiger partial charge in [-0.1, -0.05) is 49.7 Å². The van der Waals surface area contributed by atoms with E-state index in [9.17, 15) is 19.5 Å². The highest BCUT2D eigenvalue weighted by Crippen LogP contribution is 2.35. The summed E-state index contributed by atoms with van der Waals surface area (Å²) in [6.45, 7) is 2.12. The summed E-state index contributed by atoms with van der Waals surface area (Å²) in [7, 11) is 0. The van der Waals surface area contributed by atoms with E-state index in [1.807, 2.05) is 12.1 Å². The lowest BCUT2D eigenvalue weighted by molar-refractivity contribution is 0.0731. The number of hydrogen-bond donors (Lipinski definition) is 1. The molecule has 0 heterocycles. The van der Waals surface area contributed by atoms with Crippen molar-refractivity contribution in [2.45, 2.75) is 26.2 Å².